The lowest BCUT2D eigenvalue weighted by molar-refractivity contribution is -0.143. The van der Waals surface area contributed by atoms with Crippen molar-refractivity contribution < 1.29 is 19.4 Å². The van der Waals surface area contributed by atoms with Crippen LogP contribution in [-0.2, 0) is 11.3 Å². The number of para-hydroxylation sites is 1. The molecule has 0 radical (unpaired) electrons. The summed E-state index contributed by atoms with van der Waals surface area (Å²) in [6.45, 7) is 2.18. The first kappa shape index (κ1) is 17.7. The van der Waals surface area contributed by atoms with E-state index in [0.717, 1.165) is 35.7 Å². The maximum atomic E-state index is 11.2. The van der Waals surface area contributed by atoms with Gasteiger partial charge in [-0.25, -0.2) is 4.98 Å². The lowest BCUT2D eigenvalue weighted by atomic mass is 9.98. The number of carbonyl (C=O) groups is 1. The number of rotatable bonds is 6. The Labute approximate surface area is 151 Å². The number of benzene rings is 1. The lowest BCUT2D eigenvalue weighted by Crippen LogP contribution is -2.38. The van der Waals surface area contributed by atoms with Gasteiger partial charge in [-0.2, -0.15) is 0 Å². The van der Waals surface area contributed by atoms with Gasteiger partial charge < -0.3 is 14.6 Å². The highest BCUT2D eigenvalue weighted by Gasteiger charge is 2.25. The van der Waals surface area contributed by atoms with E-state index in [0.29, 0.717) is 24.6 Å². The summed E-state index contributed by atoms with van der Waals surface area (Å²) in [5.74, 6) is 0.377. The van der Waals surface area contributed by atoms with Crippen LogP contribution in [0.4, 0.5) is 0 Å². The Morgan fingerprint density at radius 1 is 1.40 bits per heavy atom. The number of carboxylic acid groups (broad SMARTS) is 1. The Morgan fingerprint density at radius 3 is 2.96 bits per heavy atom. The van der Waals surface area contributed by atoms with E-state index in [9.17, 15) is 9.90 Å². The highest BCUT2D eigenvalue weighted by atomic mass is 32.1. The van der Waals surface area contributed by atoms with Crippen molar-refractivity contribution in [3.63, 3.8) is 0 Å². The van der Waals surface area contributed by atoms with Gasteiger partial charge in [-0.3, -0.25) is 9.69 Å². The van der Waals surface area contributed by atoms with Crippen LogP contribution in [-0.4, -0.2) is 48.3 Å². The third kappa shape index (κ3) is 3.93. The molecular formula is C18H22N2O4S. The monoisotopic (exact) mass is 362 g/mol. The molecule has 1 fully saturated rings. The van der Waals surface area contributed by atoms with Gasteiger partial charge in [-0.05, 0) is 31.5 Å². The summed E-state index contributed by atoms with van der Waals surface area (Å²) in [4.78, 5) is 18.1. The number of aliphatic carboxylic acids is 1. The molecule has 1 aliphatic rings. The van der Waals surface area contributed by atoms with E-state index in [2.05, 4.69) is 4.90 Å². The zero-order chi connectivity index (χ0) is 17.8. The molecule has 2 heterocycles. The number of nitrogens with zero attached hydrogens (tertiary/aromatic N) is 2. The third-order valence-electron chi connectivity index (χ3n) is 4.43. The van der Waals surface area contributed by atoms with Gasteiger partial charge >= 0.3 is 5.97 Å². The van der Waals surface area contributed by atoms with E-state index in [-0.39, 0.29) is 5.92 Å². The molecule has 6 nitrogen and oxygen atoms in total. The molecule has 0 bridgehead atoms. The van der Waals surface area contributed by atoms with Crippen LogP contribution in [0.5, 0.6) is 11.5 Å². The predicted molar refractivity (Wildman–Crippen MR) is 96.3 cm³/mol. The fourth-order valence-electron chi connectivity index (χ4n) is 3.19. The average Bonchev–Trinajstić information content (AvgIpc) is 3.09. The number of likely N-dealkylation sites (tertiary alicyclic amines) is 1. The van der Waals surface area contributed by atoms with Gasteiger partial charge in [0.2, 0.25) is 0 Å². The van der Waals surface area contributed by atoms with Gasteiger partial charge in [-0.15, -0.1) is 11.3 Å². The third-order valence-corrected chi connectivity index (χ3v) is 5.35. The summed E-state index contributed by atoms with van der Waals surface area (Å²) in [6, 6.07) is 5.74. The fraction of sp³-hybridized carbons (Fsp3) is 0.444. The summed E-state index contributed by atoms with van der Waals surface area (Å²) in [7, 11) is 3.24. The van der Waals surface area contributed by atoms with E-state index < -0.39 is 5.97 Å². The maximum absolute atomic E-state index is 11.2. The first-order valence-electron chi connectivity index (χ1n) is 8.23. The molecule has 1 unspecified atom stereocenters. The SMILES string of the molecule is COc1cccc(-c2nc(CN3CCCC(C(=O)O)C3)cs2)c1OC. The molecule has 134 valence electrons. The van der Waals surface area contributed by atoms with Gasteiger partial charge in [0.15, 0.2) is 11.5 Å². The lowest BCUT2D eigenvalue weighted by Gasteiger charge is -2.29. The second-order valence-electron chi connectivity index (χ2n) is 6.10. The van der Waals surface area contributed by atoms with E-state index in [4.69, 9.17) is 14.5 Å². The molecule has 1 aromatic heterocycles. The van der Waals surface area contributed by atoms with Crippen molar-refractivity contribution in [1.29, 1.82) is 0 Å². The number of hydrogen-bond acceptors (Lipinski definition) is 6. The molecule has 25 heavy (non-hydrogen) atoms. The van der Waals surface area contributed by atoms with Gasteiger partial charge in [0.25, 0.3) is 0 Å². The number of aromatic nitrogens is 1. The highest BCUT2D eigenvalue weighted by Crippen LogP contribution is 2.39. The molecule has 0 amide bonds. The van der Waals surface area contributed by atoms with Gasteiger partial charge in [0, 0.05) is 18.5 Å². The summed E-state index contributed by atoms with van der Waals surface area (Å²) < 4.78 is 10.8. The van der Waals surface area contributed by atoms with Crippen LogP contribution >= 0.6 is 11.3 Å². The minimum Gasteiger partial charge on any atom is -0.493 e. The molecule has 0 spiro atoms. The molecule has 0 aliphatic carbocycles. The second-order valence-corrected chi connectivity index (χ2v) is 6.96. The molecule has 2 aromatic rings. The van der Waals surface area contributed by atoms with Crippen molar-refractivity contribution in [2.45, 2.75) is 19.4 Å². The Hall–Kier alpha value is -2.12. The van der Waals surface area contributed by atoms with Gasteiger partial charge in [0.1, 0.15) is 5.01 Å². The fourth-order valence-corrected chi connectivity index (χ4v) is 4.02. The van der Waals surface area contributed by atoms with E-state index >= 15 is 0 Å². The highest BCUT2D eigenvalue weighted by molar-refractivity contribution is 7.13. The number of thiazole rings is 1. The molecule has 0 saturated carbocycles. The van der Waals surface area contributed by atoms with Gasteiger partial charge in [0.05, 0.1) is 31.4 Å². The molecule has 1 atom stereocenters. The molecule has 1 N–H and O–H groups in total. The number of carboxylic acids is 1. The Morgan fingerprint density at radius 2 is 2.24 bits per heavy atom. The molecule has 1 aromatic carbocycles. The summed E-state index contributed by atoms with van der Waals surface area (Å²) >= 11 is 1.56. The first-order valence-corrected chi connectivity index (χ1v) is 9.11. The maximum Gasteiger partial charge on any atom is 0.307 e. The smallest absolute Gasteiger partial charge is 0.307 e. The standard InChI is InChI=1S/C18H22N2O4S/c1-23-15-7-3-6-14(16(15)24-2)17-19-13(11-25-17)10-20-8-4-5-12(9-20)18(21)22/h3,6-7,11-12H,4-5,8-10H2,1-2H3,(H,21,22). The summed E-state index contributed by atoms with van der Waals surface area (Å²) in [5, 5.41) is 12.1. The Bertz CT molecular complexity index is 746. The zero-order valence-corrected chi connectivity index (χ0v) is 15.2. The number of piperidine rings is 1. The second kappa shape index (κ2) is 7.84. The van der Waals surface area contributed by atoms with E-state index in [1.807, 2.05) is 23.6 Å². The van der Waals surface area contributed by atoms with Crippen molar-refractivity contribution >= 4 is 17.3 Å². The van der Waals surface area contributed by atoms with Crippen molar-refractivity contribution in [1.82, 2.24) is 9.88 Å². The van der Waals surface area contributed by atoms with Crippen molar-refractivity contribution in [2.75, 3.05) is 27.3 Å². The molecule has 1 aliphatic heterocycles. The number of ether oxygens (including phenoxy) is 2. The summed E-state index contributed by atoms with van der Waals surface area (Å²) in [6.07, 6.45) is 1.67. The quantitative estimate of drug-likeness (QED) is 0.851. The van der Waals surface area contributed by atoms with Crippen molar-refractivity contribution in [2.24, 2.45) is 5.92 Å². The average molecular weight is 362 g/mol. The topological polar surface area (TPSA) is 71.9 Å². The van der Waals surface area contributed by atoms with Crippen LogP contribution in [0, 0.1) is 5.92 Å². The van der Waals surface area contributed by atoms with Crippen LogP contribution in [0.2, 0.25) is 0 Å². The Balaban J connectivity index is 1.76. The number of hydrogen-bond donors (Lipinski definition) is 1. The zero-order valence-electron chi connectivity index (χ0n) is 14.4. The van der Waals surface area contributed by atoms with Crippen LogP contribution in [0.3, 0.4) is 0 Å². The molecule has 7 heteroatoms. The minimum absolute atomic E-state index is 0.273. The molecule has 3 rings (SSSR count). The van der Waals surface area contributed by atoms with E-state index in [1.165, 1.54) is 0 Å². The first-order chi connectivity index (χ1) is 12.1. The van der Waals surface area contributed by atoms with Crippen molar-refractivity contribution in [3.05, 3.63) is 29.3 Å². The number of methoxy groups -OCH3 is 2. The molecular weight excluding hydrogens is 340 g/mol. The van der Waals surface area contributed by atoms with Crippen LogP contribution in [0.25, 0.3) is 10.6 Å². The van der Waals surface area contributed by atoms with Crippen LogP contribution < -0.4 is 9.47 Å². The minimum atomic E-state index is -0.704. The van der Waals surface area contributed by atoms with Crippen molar-refractivity contribution in [3.8, 4) is 22.1 Å². The normalized spacial score (nSPS) is 18.1. The van der Waals surface area contributed by atoms with E-state index in [1.54, 1.807) is 25.6 Å². The predicted octanol–water partition coefficient (Wildman–Crippen LogP) is 3.12. The summed E-state index contributed by atoms with van der Waals surface area (Å²) in [5.41, 5.74) is 1.86. The molecule has 1 saturated heterocycles. The van der Waals surface area contributed by atoms with Crippen LogP contribution in [0.1, 0.15) is 18.5 Å². The Kier molecular flexibility index (Phi) is 5.55. The van der Waals surface area contributed by atoms with Gasteiger partial charge in [-0.1, -0.05) is 6.07 Å². The van der Waals surface area contributed by atoms with Crippen LogP contribution in [0.15, 0.2) is 23.6 Å². The largest absolute Gasteiger partial charge is 0.493 e.